The first kappa shape index (κ1) is 25.4. The van der Waals surface area contributed by atoms with Crippen LogP contribution in [-0.4, -0.2) is 44.0 Å². The summed E-state index contributed by atoms with van der Waals surface area (Å²) in [5.74, 6) is 0.395. The van der Waals surface area contributed by atoms with Gasteiger partial charge >= 0.3 is 0 Å². The van der Waals surface area contributed by atoms with Crippen molar-refractivity contribution in [1.82, 2.24) is 9.38 Å². The van der Waals surface area contributed by atoms with Gasteiger partial charge in [-0.1, -0.05) is 54.1 Å². The Morgan fingerprint density at radius 2 is 1.71 bits per heavy atom. The standard InChI is InChI=1S/C29H27N5O3S/c1-22-10-12-24(13-11-22)38(36,37)25(20-30)19-26-28(31-27-9-5-6-14-34(27)29(26)35)33-17-15-32(16-18-33)21-23-7-3-2-4-8-23/h2-14,19H,15-18,21H2,1H3/p+1/b25-19+. The van der Waals surface area contributed by atoms with Gasteiger partial charge in [-0.25, -0.2) is 13.4 Å². The number of quaternary nitrogens is 1. The molecule has 2 aromatic carbocycles. The number of allylic oxidation sites excluding steroid dienone is 1. The molecule has 8 nitrogen and oxygen atoms in total. The highest BCUT2D eigenvalue weighted by atomic mass is 32.2. The van der Waals surface area contributed by atoms with Crippen molar-refractivity contribution in [2.75, 3.05) is 31.1 Å². The molecule has 3 heterocycles. The molecule has 0 atom stereocenters. The number of benzene rings is 2. The average Bonchev–Trinajstić information content (AvgIpc) is 2.94. The highest BCUT2D eigenvalue weighted by Crippen LogP contribution is 2.25. The van der Waals surface area contributed by atoms with E-state index in [0.717, 1.165) is 25.2 Å². The van der Waals surface area contributed by atoms with E-state index in [9.17, 15) is 18.5 Å². The molecule has 4 aromatic rings. The van der Waals surface area contributed by atoms with Crippen LogP contribution in [0, 0.1) is 18.3 Å². The van der Waals surface area contributed by atoms with Crippen LogP contribution in [0.25, 0.3) is 11.7 Å². The van der Waals surface area contributed by atoms with Crippen molar-refractivity contribution in [3.63, 3.8) is 0 Å². The summed E-state index contributed by atoms with van der Waals surface area (Å²) in [7, 11) is -4.13. The van der Waals surface area contributed by atoms with Crippen LogP contribution in [0.1, 0.15) is 16.7 Å². The number of nitrogens with zero attached hydrogens (tertiary/aromatic N) is 4. The molecule has 9 heteroatoms. The Hall–Kier alpha value is -4.26. The molecule has 1 aliphatic heterocycles. The molecule has 0 bridgehead atoms. The second-order valence-electron chi connectivity index (χ2n) is 9.42. The number of fused-ring (bicyclic) bond motifs is 1. The third kappa shape index (κ3) is 5.09. The number of nitriles is 1. The fraction of sp³-hybridized carbons (Fsp3) is 0.207. The van der Waals surface area contributed by atoms with E-state index in [1.165, 1.54) is 33.1 Å². The minimum Gasteiger partial charge on any atom is -0.345 e. The number of aromatic nitrogens is 2. The number of pyridine rings is 1. The van der Waals surface area contributed by atoms with E-state index in [1.54, 1.807) is 36.5 Å². The van der Waals surface area contributed by atoms with Crippen molar-refractivity contribution in [3.8, 4) is 6.07 Å². The SMILES string of the molecule is Cc1ccc(S(=O)(=O)/C(C#N)=C/c2c(N3CC[NH+](Cc4ccccc4)CC3)nc3ccccn3c2=O)cc1. The lowest BCUT2D eigenvalue weighted by Crippen LogP contribution is -3.13. The molecule has 0 spiro atoms. The van der Waals surface area contributed by atoms with Crippen molar-refractivity contribution in [2.45, 2.75) is 18.4 Å². The quantitative estimate of drug-likeness (QED) is 0.387. The van der Waals surface area contributed by atoms with Crippen LogP contribution in [0.3, 0.4) is 0 Å². The molecule has 2 aromatic heterocycles. The zero-order valence-corrected chi connectivity index (χ0v) is 21.9. The van der Waals surface area contributed by atoms with E-state index < -0.39 is 20.3 Å². The first-order valence-corrected chi connectivity index (χ1v) is 13.9. The van der Waals surface area contributed by atoms with Crippen LogP contribution in [0.5, 0.6) is 0 Å². The number of aryl methyl sites for hydroxylation is 1. The van der Waals surface area contributed by atoms with Crippen LogP contribution in [0.15, 0.2) is 93.6 Å². The van der Waals surface area contributed by atoms with Crippen molar-refractivity contribution < 1.29 is 13.3 Å². The van der Waals surface area contributed by atoms with Gasteiger partial charge in [-0.3, -0.25) is 9.20 Å². The van der Waals surface area contributed by atoms with Crippen LogP contribution in [-0.2, 0) is 16.4 Å². The highest BCUT2D eigenvalue weighted by Gasteiger charge is 2.27. The zero-order valence-electron chi connectivity index (χ0n) is 21.0. The molecular formula is C29H28N5O3S+. The summed E-state index contributed by atoms with van der Waals surface area (Å²) in [5, 5.41) is 9.88. The average molecular weight is 527 g/mol. The number of rotatable bonds is 6. The first-order valence-electron chi connectivity index (χ1n) is 12.4. The summed E-state index contributed by atoms with van der Waals surface area (Å²) < 4.78 is 28.0. The number of nitrogens with one attached hydrogen (secondary N) is 1. The Bertz CT molecular complexity index is 1700. The Kier molecular flexibility index (Phi) is 7.09. The highest BCUT2D eigenvalue weighted by molar-refractivity contribution is 7.95. The number of piperazine rings is 1. The van der Waals surface area contributed by atoms with Gasteiger partial charge in [0, 0.05) is 11.8 Å². The van der Waals surface area contributed by atoms with Crippen LogP contribution < -0.4 is 15.4 Å². The maximum absolute atomic E-state index is 13.6. The van der Waals surface area contributed by atoms with Crippen molar-refractivity contribution in [2.24, 2.45) is 0 Å². The van der Waals surface area contributed by atoms with Gasteiger partial charge in [-0.15, -0.1) is 0 Å². The van der Waals surface area contributed by atoms with Crippen molar-refractivity contribution in [1.29, 1.82) is 5.26 Å². The van der Waals surface area contributed by atoms with Crippen molar-refractivity contribution >= 4 is 27.4 Å². The fourth-order valence-electron chi connectivity index (χ4n) is 4.70. The normalized spacial score (nSPS) is 14.9. The van der Waals surface area contributed by atoms with E-state index in [0.29, 0.717) is 24.6 Å². The molecule has 0 unspecified atom stereocenters. The lowest BCUT2D eigenvalue weighted by atomic mass is 10.2. The van der Waals surface area contributed by atoms with Gasteiger partial charge in [0.05, 0.1) is 36.6 Å². The maximum atomic E-state index is 13.6. The number of anilines is 1. The Morgan fingerprint density at radius 1 is 1.03 bits per heavy atom. The van der Waals surface area contributed by atoms with Gasteiger partial charge < -0.3 is 9.80 Å². The summed E-state index contributed by atoms with van der Waals surface area (Å²) in [6.07, 6.45) is 2.77. The minimum atomic E-state index is -4.13. The van der Waals surface area contributed by atoms with Crippen LogP contribution in [0.2, 0.25) is 0 Å². The number of hydrogen-bond acceptors (Lipinski definition) is 6. The molecule has 5 rings (SSSR count). The fourth-order valence-corrected chi connectivity index (χ4v) is 5.84. The van der Waals surface area contributed by atoms with Gasteiger partial charge in [-0.2, -0.15) is 5.26 Å². The van der Waals surface area contributed by atoms with Gasteiger partial charge in [0.2, 0.25) is 9.84 Å². The smallest absolute Gasteiger partial charge is 0.267 e. The molecule has 1 fully saturated rings. The number of sulfone groups is 1. The maximum Gasteiger partial charge on any atom is 0.267 e. The summed E-state index contributed by atoms with van der Waals surface area (Å²) in [6, 6.07) is 23.7. The summed E-state index contributed by atoms with van der Waals surface area (Å²) in [5.41, 5.74) is 2.30. The Balaban J connectivity index is 1.53. The number of hydrogen-bond donors (Lipinski definition) is 1. The van der Waals surface area contributed by atoms with Gasteiger partial charge in [0.25, 0.3) is 5.56 Å². The molecule has 1 saturated heterocycles. The van der Waals surface area contributed by atoms with E-state index in [4.69, 9.17) is 4.98 Å². The molecule has 38 heavy (non-hydrogen) atoms. The summed E-state index contributed by atoms with van der Waals surface area (Å²) in [4.78, 5) is 21.3. The van der Waals surface area contributed by atoms with Crippen molar-refractivity contribution in [3.05, 3.63) is 111 Å². The first-order chi connectivity index (χ1) is 18.4. The lowest BCUT2D eigenvalue weighted by molar-refractivity contribution is -0.914. The van der Waals surface area contributed by atoms with E-state index >= 15 is 0 Å². The summed E-state index contributed by atoms with van der Waals surface area (Å²) in [6.45, 7) is 5.72. The molecule has 0 aliphatic carbocycles. The predicted molar refractivity (Wildman–Crippen MR) is 146 cm³/mol. The molecule has 0 radical (unpaired) electrons. The van der Waals surface area contributed by atoms with Crippen LogP contribution >= 0.6 is 0 Å². The monoisotopic (exact) mass is 526 g/mol. The van der Waals surface area contributed by atoms with Gasteiger partial charge in [0.15, 0.2) is 0 Å². The van der Waals surface area contributed by atoms with Gasteiger partial charge in [-0.05, 0) is 37.3 Å². The second kappa shape index (κ2) is 10.6. The van der Waals surface area contributed by atoms with E-state index in [1.807, 2.05) is 36.1 Å². The molecule has 0 saturated carbocycles. The second-order valence-corrected chi connectivity index (χ2v) is 11.3. The van der Waals surface area contributed by atoms with E-state index in [-0.39, 0.29) is 10.5 Å². The molecule has 192 valence electrons. The van der Waals surface area contributed by atoms with Gasteiger partial charge in [0.1, 0.15) is 29.0 Å². The van der Waals surface area contributed by atoms with Crippen LogP contribution in [0.4, 0.5) is 5.82 Å². The third-order valence-corrected chi connectivity index (χ3v) is 8.50. The molecule has 1 aliphatic rings. The topological polar surface area (TPSA) is 100.0 Å². The predicted octanol–water partition coefficient (Wildman–Crippen LogP) is 2.25. The molecule has 1 N–H and O–H groups in total. The third-order valence-electron chi connectivity index (χ3n) is 6.82. The van der Waals surface area contributed by atoms with E-state index in [2.05, 4.69) is 12.1 Å². The Morgan fingerprint density at radius 3 is 2.39 bits per heavy atom. The molecule has 0 amide bonds. The zero-order chi connectivity index (χ0) is 26.7. The summed E-state index contributed by atoms with van der Waals surface area (Å²) >= 11 is 0. The minimum absolute atomic E-state index is 0.00410. The Labute approximate surface area is 221 Å². The largest absolute Gasteiger partial charge is 0.345 e. The lowest BCUT2D eigenvalue weighted by Gasteiger charge is -2.33. The molecular weight excluding hydrogens is 498 g/mol.